The van der Waals surface area contributed by atoms with Gasteiger partial charge in [0.05, 0.1) is 25.3 Å². The first-order valence-electron chi connectivity index (χ1n) is 10.1. The number of ether oxygens (including phenoxy) is 2. The third-order valence-corrected chi connectivity index (χ3v) is 5.15. The largest absolute Gasteiger partial charge is 0.497 e. The van der Waals surface area contributed by atoms with Gasteiger partial charge in [-0.1, -0.05) is 24.3 Å². The van der Waals surface area contributed by atoms with Crippen LogP contribution in [0.3, 0.4) is 0 Å². The fourth-order valence-electron chi connectivity index (χ4n) is 3.61. The van der Waals surface area contributed by atoms with Gasteiger partial charge in [-0.25, -0.2) is 0 Å². The van der Waals surface area contributed by atoms with Gasteiger partial charge in [0.2, 0.25) is 0 Å². The number of rotatable bonds is 7. The summed E-state index contributed by atoms with van der Waals surface area (Å²) in [7, 11) is 1.61. The van der Waals surface area contributed by atoms with Gasteiger partial charge in [-0.2, -0.15) is 5.26 Å². The van der Waals surface area contributed by atoms with E-state index in [9.17, 15) is 4.79 Å². The van der Waals surface area contributed by atoms with E-state index in [1.54, 1.807) is 12.0 Å². The van der Waals surface area contributed by atoms with E-state index in [0.717, 1.165) is 22.7 Å². The van der Waals surface area contributed by atoms with Gasteiger partial charge in [0.15, 0.2) is 0 Å². The van der Waals surface area contributed by atoms with E-state index in [-0.39, 0.29) is 5.91 Å². The minimum Gasteiger partial charge on any atom is -0.497 e. The molecule has 0 spiro atoms. The van der Waals surface area contributed by atoms with Crippen molar-refractivity contribution in [3.8, 4) is 17.6 Å². The van der Waals surface area contributed by atoms with E-state index in [4.69, 9.17) is 14.7 Å². The lowest BCUT2D eigenvalue weighted by Crippen LogP contribution is -2.43. The summed E-state index contributed by atoms with van der Waals surface area (Å²) in [5.41, 5.74) is 3.08. The maximum atomic E-state index is 13.5. The normalized spacial score (nSPS) is 14.9. The predicted molar refractivity (Wildman–Crippen MR) is 119 cm³/mol. The van der Waals surface area contributed by atoms with Crippen LogP contribution in [0.2, 0.25) is 0 Å². The number of nitriles is 1. The second-order valence-corrected chi connectivity index (χ2v) is 7.15. The number of hydrogen-bond donors (Lipinski definition) is 1. The maximum Gasteiger partial charge on any atom is 0.262 e. The lowest BCUT2D eigenvalue weighted by atomic mass is 10.0. The molecule has 6 nitrogen and oxygen atoms in total. The molecule has 1 N–H and O–H groups in total. The van der Waals surface area contributed by atoms with Crippen molar-refractivity contribution in [3.05, 3.63) is 83.9 Å². The first kappa shape index (κ1) is 20.3. The lowest BCUT2D eigenvalue weighted by Gasteiger charge is -2.38. The Hall–Kier alpha value is -3.98. The minimum atomic E-state index is -0.404. The average molecular weight is 413 g/mol. The van der Waals surface area contributed by atoms with E-state index in [0.29, 0.717) is 30.8 Å². The van der Waals surface area contributed by atoms with Gasteiger partial charge >= 0.3 is 0 Å². The van der Waals surface area contributed by atoms with Crippen LogP contribution in [0.1, 0.15) is 34.9 Å². The summed E-state index contributed by atoms with van der Waals surface area (Å²) in [6.07, 6.45) is 0.727. The van der Waals surface area contributed by atoms with Crippen LogP contribution in [0.25, 0.3) is 0 Å². The second-order valence-electron chi connectivity index (χ2n) is 7.15. The molecule has 31 heavy (non-hydrogen) atoms. The zero-order chi connectivity index (χ0) is 21.6. The molecule has 1 unspecified atom stereocenters. The molecule has 1 amide bonds. The Kier molecular flexibility index (Phi) is 6.04. The molecule has 0 radical (unpaired) electrons. The molecule has 4 rings (SSSR count). The molecule has 1 heterocycles. The molecule has 3 aromatic rings. The van der Waals surface area contributed by atoms with Crippen LogP contribution >= 0.6 is 0 Å². The number of anilines is 2. The van der Waals surface area contributed by atoms with Gasteiger partial charge in [-0.3, -0.25) is 9.69 Å². The lowest BCUT2D eigenvalue weighted by molar-refractivity contribution is 0.0975. The van der Waals surface area contributed by atoms with Crippen LogP contribution < -0.4 is 19.7 Å². The maximum absolute atomic E-state index is 13.5. The summed E-state index contributed by atoms with van der Waals surface area (Å²) in [5.74, 6) is 1.36. The van der Waals surface area contributed by atoms with Crippen LogP contribution in [-0.2, 0) is 0 Å². The number of amides is 1. The Bertz CT molecular complexity index is 1110. The van der Waals surface area contributed by atoms with Crippen molar-refractivity contribution in [2.75, 3.05) is 23.9 Å². The Morgan fingerprint density at radius 2 is 1.84 bits per heavy atom. The van der Waals surface area contributed by atoms with Crippen LogP contribution in [0.4, 0.5) is 11.4 Å². The monoisotopic (exact) mass is 413 g/mol. The van der Waals surface area contributed by atoms with Crippen molar-refractivity contribution in [1.82, 2.24) is 0 Å². The van der Waals surface area contributed by atoms with Crippen molar-refractivity contribution in [3.63, 3.8) is 0 Å². The van der Waals surface area contributed by atoms with E-state index in [1.807, 2.05) is 72.8 Å². The van der Waals surface area contributed by atoms with Crippen molar-refractivity contribution in [2.45, 2.75) is 19.0 Å². The minimum absolute atomic E-state index is 0.0788. The van der Waals surface area contributed by atoms with E-state index < -0.39 is 6.17 Å². The van der Waals surface area contributed by atoms with Crippen molar-refractivity contribution < 1.29 is 14.3 Å². The van der Waals surface area contributed by atoms with Gasteiger partial charge in [0.1, 0.15) is 17.7 Å². The molecule has 3 aromatic carbocycles. The highest BCUT2D eigenvalue weighted by molar-refractivity contribution is 6.12. The molecule has 1 aliphatic heterocycles. The van der Waals surface area contributed by atoms with Crippen molar-refractivity contribution in [2.24, 2.45) is 0 Å². The van der Waals surface area contributed by atoms with Crippen LogP contribution in [-0.4, -0.2) is 19.6 Å². The highest BCUT2D eigenvalue weighted by atomic mass is 16.5. The Morgan fingerprint density at radius 1 is 1.03 bits per heavy atom. The summed E-state index contributed by atoms with van der Waals surface area (Å²) in [4.78, 5) is 15.2. The fourth-order valence-corrected chi connectivity index (χ4v) is 3.61. The third-order valence-electron chi connectivity index (χ3n) is 5.15. The van der Waals surface area contributed by atoms with Gasteiger partial charge < -0.3 is 14.8 Å². The number of unbranched alkanes of at least 4 members (excludes halogenated alkanes) is 1. The van der Waals surface area contributed by atoms with Crippen molar-refractivity contribution >= 4 is 17.3 Å². The van der Waals surface area contributed by atoms with E-state index in [2.05, 4.69) is 11.4 Å². The average Bonchev–Trinajstić information content (AvgIpc) is 2.82. The zero-order valence-corrected chi connectivity index (χ0v) is 17.2. The number of benzene rings is 3. The third kappa shape index (κ3) is 4.31. The first-order chi connectivity index (χ1) is 15.2. The highest BCUT2D eigenvalue weighted by Crippen LogP contribution is 2.37. The Labute approximate surface area is 181 Å². The summed E-state index contributed by atoms with van der Waals surface area (Å²) >= 11 is 0. The predicted octanol–water partition coefficient (Wildman–Crippen LogP) is 5.15. The van der Waals surface area contributed by atoms with E-state index >= 15 is 0 Å². The second kappa shape index (κ2) is 9.23. The van der Waals surface area contributed by atoms with E-state index in [1.165, 1.54) is 0 Å². The summed E-state index contributed by atoms with van der Waals surface area (Å²) in [5, 5.41) is 12.2. The molecule has 1 atom stereocenters. The summed E-state index contributed by atoms with van der Waals surface area (Å²) in [6, 6.07) is 24.8. The van der Waals surface area contributed by atoms with Gasteiger partial charge in [0, 0.05) is 17.8 Å². The number of nitrogens with zero attached hydrogens (tertiary/aromatic N) is 2. The number of para-hydroxylation sites is 1. The smallest absolute Gasteiger partial charge is 0.262 e. The molecule has 0 bridgehead atoms. The molecular weight excluding hydrogens is 390 g/mol. The first-order valence-corrected chi connectivity index (χ1v) is 10.1. The summed E-state index contributed by atoms with van der Waals surface area (Å²) < 4.78 is 11.1. The number of carbonyl (C=O) groups is 1. The summed E-state index contributed by atoms with van der Waals surface area (Å²) in [6.45, 7) is 0.471. The molecule has 156 valence electrons. The molecule has 0 fully saturated rings. The van der Waals surface area contributed by atoms with Gasteiger partial charge in [-0.05, 0) is 60.5 Å². The molecule has 0 aliphatic carbocycles. The number of fused-ring (bicyclic) bond motifs is 1. The standard InChI is InChI=1S/C25H23N3O3/c1-30-20-13-11-19(12-14-20)28-24(27-23-10-3-2-9-22(23)25(28)29)18-7-6-8-21(17-18)31-16-5-4-15-26/h2-3,6-14,17,24,27H,4-5,16H2,1H3. The molecule has 0 saturated carbocycles. The zero-order valence-electron chi connectivity index (χ0n) is 17.2. The SMILES string of the molecule is COc1ccc(N2C(=O)c3ccccc3NC2c2cccc(OCCCC#N)c2)cc1. The van der Waals surface area contributed by atoms with Gasteiger partial charge in [-0.15, -0.1) is 0 Å². The molecule has 6 heteroatoms. The van der Waals surface area contributed by atoms with Crippen molar-refractivity contribution in [1.29, 1.82) is 5.26 Å². The fraction of sp³-hybridized carbons (Fsp3) is 0.200. The van der Waals surface area contributed by atoms with Crippen LogP contribution in [0.15, 0.2) is 72.8 Å². The van der Waals surface area contributed by atoms with Crippen LogP contribution in [0.5, 0.6) is 11.5 Å². The Balaban J connectivity index is 1.69. The molecular formula is C25H23N3O3. The van der Waals surface area contributed by atoms with Crippen LogP contribution in [0, 0.1) is 11.3 Å². The van der Waals surface area contributed by atoms with Gasteiger partial charge in [0.25, 0.3) is 5.91 Å². The molecule has 0 aromatic heterocycles. The number of hydrogen-bond acceptors (Lipinski definition) is 5. The highest BCUT2D eigenvalue weighted by Gasteiger charge is 2.34. The number of nitrogens with one attached hydrogen (secondary N) is 1. The molecule has 1 aliphatic rings. The Morgan fingerprint density at radius 3 is 2.61 bits per heavy atom. The number of methoxy groups -OCH3 is 1. The topological polar surface area (TPSA) is 74.6 Å². The quantitative estimate of drug-likeness (QED) is 0.542. The molecule has 0 saturated heterocycles. The number of carbonyl (C=O) groups excluding carboxylic acids is 1.